The van der Waals surface area contributed by atoms with Crippen molar-refractivity contribution in [1.29, 1.82) is 5.41 Å². The zero-order valence-electron chi connectivity index (χ0n) is 15.7. The molecule has 1 heterocycles. The Hall–Kier alpha value is -2.21. The van der Waals surface area contributed by atoms with Crippen molar-refractivity contribution in [3.05, 3.63) is 46.7 Å². The average molecular weight is 380 g/mol. The molecule has 0 aliphatic heterocycles. The van der Waals surface area contributed by atoms with Gasteiger partial charge in [-0.15, -0.1) is 0 Å². The van der Waals surface area contributed by atoms with Crippen LogP contribution in [0.4, 0.5) is 0 Å². The molecular formula is C19H26ClN3O3. The highest BCUT2D eigenvalue weighted by atomic mass is 35.5. The smallest absolute Gasteiger partial charge is 0.356 e. The summed E-state index contributed by atoms with van der Waals surface area (Å²) in [4.78, 5) is 13.9. The first kappa shape index (κ1) is 20.1. The second kappa shape index (κ2) is 8.45. The second-order valence-corrected chi connectivity index (χ2v) is 7.07. The molecule has 1 aliphatic carbocycles. The van der Waals surface area contributed by atoms with Crippen molar-refractivity contribution < 1.29 is 13.9 Å². The molecule has 0 spiro atoms. The highest BCUT2D eigenvalue weighted by Gasteiger charge is 2.29. The molecule has 1 fully saturated rings. The summed E-state index contributed by atoms with van der Waals surface area (Å²) in [7, 11) is 1.28. The molecule has 0 amide bonds. The van der Waals surface area contributed by atoms with E-state index >= 15 is 0 Å². The molecule has 1 aliphatic rings. The van der Waals surface area contributed by atoms with Crippen LogP contribution in [0.5, 0.6) is 0 Å². The van der Waals surface area contributed by atoms with Gasteiger partial charge in [0.1, 0.15) is 28.1 Å². The quantitative estimate of drug-likeness (QED) is 0.310. The Kier molecular flexibility index (Phi) is 6.53. The lowest BCUT2D eigenvalue weighted by atomic mass is 10.2. The number of esters is 1. The third kappa shape index (κ3) is 4.91. The van der Waals surface area contributed by atoms with Crippen LogP contribution in [0.2, 0.25) is 0 Å². The van der Waals surface area contributed by atoms with Crippen LogP contribution in [0, 0.1) is 18.3 Å². The first-order valence-electron chi connectivity index (χ1n) is 8.59. The minimum Gasteiger partial charge on any atom is -0.464 e. The summed E-state index contributed by atoms with van der Waals surface area (Å²) in [6.45, 7) is 10.1. The number of amidine groups is 1. The summed E-state index contributed by atoms with van der Waals surface area (Å²) in [5.74, 6) is 1.25. The summed E-state index contributed by atoms with van der Waals surface area (Å²) >= 11 is 6.43. The van der Waals surface area contributed by atoms with Crippen LogP contribution in [0.1, 0.15) is 38.2 Å². The molecule has 0 unspecified atom stereocenters. The lowest BCUT2D eigenvalue weighted by Gasteiger charge is -2.28. The molecule has 1 saturated carbocycles. The molecule has 6 nitrogen and oxygen atoms in total. The third-order valence-electron chi connectivity index (χ3n) is 4.21. The number of allylic oxidation sites excluding steroid dienone is 1. The van der Waals surface area contributed by atoms with Crippen LogP contribution in [-0.2, 0) is 16.1 Å². The first-order valence-corrected chi connectivity index (χ1v) is 8.97. The lowest BCUT2D eigenvalue weighted by Crippen LogP contribution is -2.38. The summed E-state index contributed by atoms with van der Waals surface area (Å²) in [5, 5.41) is 11.5. The molecule has 1 aromatic heterocycles. The zero-order chi connectivity index (χ0) is 19.4. The van der Waals surface area contributed by atoms with Crippen LogP contribution in [0.25, 0.3) is 0 Å². The molecule has 2 rings (SSSR count). The summed E-state index contributed by atoms with van der Waals surface area (Å²) in [6.07, 6.45) is 2.07. The van der Waals surface area contributed by atoms with E-state index in [1.54, 1.807) is 4.90 Å². The van der Waals surface area contributed by atoms with Gasteiger partial charge in [-0.3, -0.25) is 5.41 Å². The van der Waals surface area contributed by atoms with Crippen molar-refractivity contribution in [2.45, 2.75) is 46.2 Å². The maximum atomic E-state index is 12.2. The van der Waals surface area contributed by atoms with Gasteiger partial charge in [-0.05, 0) is 51.7 Å². The predicted octanol–water partition coefficient (Wildman–Crippen LogP) is 3.91. The molecule has 0 atom stereocenters. The van der Waals surface area contributed by atoms with E-state index in [1.807, 2.05) is 32.9 Å². The van der Waals surface area contributed by atoms with Crippen molar-refractivity contribution >= 4 is 23.4 Å². The Morgan fingerprint density at radius 2 is 2.15 bits per heavy atom. The molecule has 0 bridgehead atoms. The van der Waals surface area contributed by atoms with E-state index in [1.165, 1.54) is 7.11 Å². The van der Waals surface area contributed by atoms with Crippen LogP contribution < -0.4 is 5.32 Å². The Morgan fingerprint density at radius 3 is 2.62 bits per heavy atom. The van der Waals surface area contributed by atoms with Gasteiger partial charge in [0, 0.05) is 11.7 Å². The highest BCUT2D eigenvalue weighted by molar-refractivity contribution is 6.44. The molecule has 26 heavy (non-hydrogen) atoms. The van der Waals surface area contributed by atoms with E-state index in [2.05, 4.69) is 11.9 Å². The largest absolute Gasteiger partial charge is 0.464 e. The van der Waals surface area contributed by atoms with E-state index in [4.69, 9.17) is 26.2 Å². The fourth-order valence-corrected chi connectivity index (χ4v) is 2.73. The van der Waals surface area contributed by atoms with E-state index in [-0.39, 0.29) is 22.6 Å². The van der Waals surface area contributed by atoms with E-state index < -0.39 is 5.97 Å². The van der Waals surface area contributed by atoms with Gasteiger partial charge in [-0.1, -0.05) is 18.2 Å². The molecule has 0 aromatic carbocycles. The topological polar surface area (TPSA) is 78.6 Å². The van der Waals surface area contributed by atoms with Crippen molar-refractivity contribution in [3.63, 3.8) is 0 Å². The number of hydrogen-bond acceptors (Lipinski definition) is 5. The number of halogens is 1. The van der Waals surface area contributed by atoms with Gasteiger partial charge in [-0.2, -0.15) is 0 Å². The van der Waals surface area contributed by atoms with Crippen molar-refractivity contribution in [3.8, 4) is 0 Å². The number of aryl methyl sites for hydroxylation is 1. The van der Waals surface area contributed by atoms with E-state index in [9.17, 15) is 4.79 Å². The molecule has 7 heteroatoms. The van der Waals surface area contributed by atoms with Crippen LogP contribution in [0.3, 0.4) is 0 Å². The summed E-state index contributed by atoms with van der Waals surface area (Å²) < 4.78 is 10.4. The molecule has 1 aromatic rings. The Labute approximate surface area is 159 Å². The normalized spacial score (nSPS) is 14.7. The fraction of sp³-hybridized carbons (Fsp3) is 0.474. The number of nitrogens with one attached hydrogen (secondary N) is 2. The van der Waals surface area contributed by atoms with Crippen molar-refractivity contribution in [2.75, 3.05) is 7.11 Å². The predicted molar refractivity (Wildman–Crippen MR) is 102 cm³/mol. The SMILES string of the molecule is C=C(NC(C(=O)OC)=C(Cl)C(=N)N(Cc1ccc(C)o1)C(C)C)C1CC1. The lowest BCUT2D eigenvalue weighted by molar-refractivity contribution is -0.136. The highest BCUT2D eigenvalue weighted by Crippen LogP contribution is 2.35. The molecular weight excluding hydrogens is 354 g/mol. The number of hydrogen-bond donors (Lipinski definition) is 2. The average Bonchev–Trinajstić information content (AvgIpc) is 3.37. The molecule has 142 valence electrons. The molecule has 2 N–H and O–H groups in total. The monoisotopic (exact) mass is 379 g/mol. The Balaban J connectivity index is 2.27. The molecule has 0 radical (unpaired) electrons. The van der Waals surface area contributed by atoms with Gasteiger partial charge in [-0.25, -0.2) is 4.79 Å². The standard InChI is InChI=1S/C19H26ClN3O3/c1-11(2)23(10-15-9-6-12(3)26-15)18(21)16(20)17(19(24)25-5)22-13(4)14-7-8-14/h6,9,11,14,21-22H,4,7-8,10H2,1-3,5H3. The van der Waals surface area contributed by atoms with Crippen LogP contribution in [0.15, 0.2) is 39.6 Å². The van der Waals surface area contributed by atoms with Gasteiger partial charge in [0.25, 0.3) is 0 Å². The zero-order valence-corrected chi connectivity index (χ0v) is 16.4. The van der Waals surface area contributed by atoms with Gasteiger partial charge < -0.3 is 19.4 Å². The molecule has 0 saturated heterocycles. The first-order chi connectivity index (χ1) is 12.2. The number of ether oxygens (including phenoxy) is 1. The number of furan rings is 1. The van der Waals surface area contributed by atoms with Crippen molar-refractivity contribution in [1.82, 2.24) is 10.2 Å². The number of carbonyl (C=O) groups excluding carboxylic acids is 1. The third-order valence-corrected chi connectivity index (χ3v) is 4.57. The van der Waals surface area contributed by atoms with Gasteiger partial charge in [0.2, 0.25) is 0 Å². The van der Waals surface area contributed by atoms with Crippen LogP contribution in [-0.4, -0.2) is 29.9 Å². The van der Waals surface area contributed by atoms with Crippen LogP contribution >= 0.6 is 11.6 Å². The second-order valence-electron chi connectivity index (χ2n) is 6.69. The van der Waals surface area contributed by atoms with E-state index in [0.717, 1.165) is 24.4 Å². The minimum atomic E-state index is -0.626. The van der Waals surface area contributed by atoms with Gasteiger partial charge in [0.05, 0.1) is 13.7 Å². The Bertz CT molecular complexity index is 732. The Morgan fingerprint density at radius 1 is 1.50 bits per heavy atom. The number of rotatable bonds is 8. The minimum absolute atomic E-state index is 0.00405. The van der Waals surface area contributed by atoms with Crippen molar-refractivity contribution in [2.24, 2.45) is 5.92 Å². The van der Waals surface area contributed by atoms with Gasteiger partial charge >= 0.3 is 5.97 Å². The van der Waals surface area contributed by atoms with Gasteiger partial charge in [0.15, 0.2) is 0 Å². The maximum absolute atomic E-state index is 12.2. The number of methoxy groups -OCH3 is 1. The summed E-state index contributed by atoms with van der Waals surface area (Å²) in [5.41, 5.74) is 0.756. The number of carbonyl (C=O) groups is 1. The summed E-state index contributed by atoms with van der Waals surface area (Å²) in [6, 6.07) is 3.71. The van der Waals surface area contributed by atoms with E-state index in [0.29, 0.717) is 18.2 Å². The fourth-order valence-electron chi connectivity index (χ4n) is 2.49. The number of nitrogens with zero attached hydrogens (tertiary/aromatic N) is 1. The maximum Gasteiger partial charge on any atom is 0.356 e.